The van der Waals surface area contributed by atoms with Gasteiger partial charge in [-0.25, -0.2) is 0 Å². The maximum atomic E-state index is 13.1. The van der Waals surface area contributed by atoms with Crippen molar-refractivity contribution in [2.75, 3.05) is 28.8 Å². The third kappa shape index (κ3) is 2.97. The number of carbonyl (C=O) groups excluding carboxylic acids is 2. The van der Waals surface area contributed by atoms with Crippen molar-refractivity contribution >= 4 is 28.9 Å². The molecule has 0 spiro atoms. The summed E-state index contributed by atoms with van der Waals surface area (Å²) in [6.07, 6.45) is 2.20. The molecule has 1 fully saturated rings. The molecule has 1 unspecified atom stereocenters. The van der Waals surface area contributed by atoms with E-state index < -0.39 is 0 Å². The van der Waals surface area contributed by atoms with Gasteiger partial charge in [0, 0.05) is 31.4 Å². The van der Waals surface area contributed by atoms with Crippen molar-refractivity contribution in [2.45, 2.75) is 38.8 Å². The lowest BCUT2D eigenvalue weighted by Gasteiger charge is -2.40. The maximum Gasteiger partial charge on any atom is 0.258 e. The molecule has 1 aliphatic heterocycles. The summed E-state index contributed by atoms with van der Waals surface area (Å²) in [5.74, 6) is 0.0508. The fourth-order valence-corrected chi connectivity index (χ4v) is 3.82. The molecule has 5 nitrogen and oxygen atoms in total. The average molecular weight is 363 g/mol. The van der Waals surface area contributed by atoms with Crippen LogP contribution in [-0.2, 0) is 4.79 Å². The maximum absolute atomic E-state index is 13.1. The zero-order valence-electron chi connectivity index (χ0n) is 16.3. The quantitative estimate of drug-likeness (QED) is 0.837. The number of hydrogen-bond acceptors (Lipinski definition) is 3. The fourth-order valence-electron chi connectivity index (χ4n) is 3.82. The highest BCUT2D eigenvalue weighted by molar-refractivity contribution is 6.09. The van der Waals surface area contributed by atoms with Gasteiger partial charge in [-0.15, -0.1) is 0 Å². The highest BCUT2D eigenvalue weighted by atomic mass is 16.2. The van der Waals surface area contributed by atoms with Gasteiger partial charge in [-0.05, 0) is 57.0 Å². The highest BCUT2D eigenvalue weighted by Gasteiger charge is 2.41. The van der Waals surface area contributed by atoms with Gasteiger partial charge >= 0.3 is 0 Å². The number of carbonyl (C=O) groups is 2. The average Bonchev–Trinajstić information content (AvgIpc) is 3.50. The summed E-state index contributed by atoms with van der Waals surface area (Å²) < 4.78 is 0. The van der Waals surface area contributed by atoms with E-state index in [1.165, 1.54) is 0 Å². The molecule has 0 N–H and O–H groups in total. The Kier molecular flexibility index (Phi) is 4.17. The molecule has 27 heavy (non-hydrogen) atoms. The number of hydrogen-bond donors (Lipinski definition) is 0. The molecule has 5 heteroatoms. The van der Waals surface area contributed by atoms with Crippen molar-refractivity contribution in [2.24, 2.45) is 0 Å². The predicted octanol–water partition coefficient (Wildman–Crippen LogP) is 3.61. The molecule has 4 rings (SSSR count). The Morgan fingerprint density at radius 1 is 1.07 bits per heavy atom. The van der Waals surface area contributed by atoms with E-state index in [0.717, 1.165) is 35.5 Å². The van der Waals surface area contributed by atoms with Gasteiger partial charge in [-0.2, -0.15) is 0 Å². The van der Waals surface area contributed by atoms with E-state index in [4.69, 9.17) is 0 Å². The van der Waals surface area contributed by atoms with Crippen LogP contribution in [0.5, 0.6) is 0 Å². The zero-order valence-corrected chi connectivity index (χ0v) is 16.3. The SMILES string of the molecule is Cc1ccc(N(C)C(=O)c2ccc3c(c2)N(C2CC2)C(C)C(=O)N3C)cc1. The first-order valence-corrected chi connectivity index (χ1v) is 9.43. The predicted molar refractivity (Wildman–Crippen MR) is 109 cm³/mol. The summed E-state index contributed by atoms with van der Waals surface area (Å²) in [7, 11) is 3.60. The van der Waals surface area contributed by atoms with Crippen LogP contribution in [0, 0.1) is 6.92 Å². The molecular formula is C22H25N3O2. The topological polar surface area (TPSA) is 43.9 Å². The van der Waals surface area contributed by atoms with Crippen LogP contribution in [0.15, 0.2) is 42.5 Å². The number of rotatable bonds is 3. The van der Waals surface area contributed by atoms with Crippen LogP contribution < -0.4 is 14.7 Å². The second-order valence-electron chi connectivity index (χ2n) is 7.61. The second kappa shape index (κ2) is 6.41. The third-order valence-corrected chi connectivity index (χ3v) is 5.63. The number of amides is 2. The first-order chi connectivity index (χ1) is 12.9. The number of aryl methyl sites for hydroxylation is 1. The minimum absolute atomic E-state index is 0.0513. The molecule has 0 aromatic heterocycles. The number of benzene rings is 2. The van der Waals surface area contributed by atoms with Gasteiger partial charge in [0.2, 0.25) is 5.91 Å². The van der Waals surface area contributed by atoms with Gasteiger partial charge in [0.25, 0.3) is 5.91 Å². The molecule has 2 amide bonds. The van der Waals surface area contributed by atoms with Crippen molar-refractivity contribution in [3.05, 3.63) is 53.6 Å². The van der Waals surface area contributed by atoms with Crippen LogP contribution in [0.1, 0.15) is 35.7 Å². The second-order valence-corrected chi connectivity index (χ2v) is 7.61. The van der Waals surface area contributed by atoms with Crippen molar-refractivity contribution in [1.29, 1.82) is 0 Å². The smallest absolute Gasteiger partial charge is 0.258 e. The van der Waals surface area contributed by atoms with E-state index in [1.807, 2.05) is 63.4 Å². The minimum atomic E-state index is -0.199. The third-order valence-electron chi connectivity index (χ3n) is 5.63. The Hall–Kier alpha value is -2.82. The van der Waals surface area contributed by atoms with Crippen molar-refractivity contribution in [1.82, 2.24) is 0 Å². The number of likely N-dealkylation sites (N-methyl/N-ethyl adjacent to an activating group) is 1. The minimum Gasteiger partial charge on any atom is -0.355 e. The van der Waals surface area contributed by atoms with Crippen LogP contribution in [0.25, 0.3) is 0 Å². The summed E-state index contributed by atoms with van der Waals surface area (Å²) in [4.78, 5) is 31.2. The molecule has 2 aliphatic rings. The Bertz CT molecular complexity index is 902. The van der Waals surface area contributed by atoms with Crippen LogP contribution >= 0.6 is 0 Å². The van der Waals surface area contributed by atoms with E-state index >= 15 is 0 Å². The molecule has 2 aromatic carbocycles. The Labute approximate surface area is 160 Å². The molecule has 2 aromatic rings. The van der Waals surface area contributed by atoms with Crippen LogP contribution in [0.4, 0.5) is 17.1 Å². The highest BCUT2D eigenvalue weighted by Crippen LogP contribution is 2.42. The molecule has 1 atom stereocenters. The van der Waals surface area contributed by atoms with Crippen LogP contribution in [-0.4, -0.2) is 38.0 Å². The van der Waals surface area contributed by atoms with E-state index in [0.29, 0.717) is 11.6 Å². The van der Waals surface area contributed by atoms with Crippen LogP contribution in [0.3, 0.4) is 0 Å². The monoisotopic (exact) mass is 363 g/mol. The first-order valence-electron chi connectivity index (χ1n) is 9.43. The first kappa shape index (κ1) is 17.6. The molecule has 140 valence electrons. The van der Waals surface area contributed by atoms with E-state index in [9.17, 15) is 9.59 Å². The molecular weight excluding hydrogens is 338 g/mol. The molecule has 1 aliphatic carbocycles. The summed E-state index contributed by atoms with van der Waals surface area (Å²) in [6.45, 7) is 3.98. The number of nitrogens with zero attached hydrogens (tertiary/aromatic N) is 3. The Morgan fingerprint density at radius 2 is 1.74 bits per heavy atom. The molecule has 0 saturated heterocycles. The summed E-state index contributed by atoms with van der Waals surface area (Å²) in [5, 5.41) is 0. The number of anilines is 3. The lowest BCUT2D eigenvalue weighted by atomic mass is 10.0. The molecule has 0 radical (unpaired) electrons. The molecule has 1 saturated carbocycles. The van der Waals surface area contributed by atoms with Gasteiger partial charge in [-0.3, -0.25) is 9.59 Å². The lowest BCUT2D eigenvalue weighted by Crippen LogP contribution is -2.51. The van der Waals surface area contributed by atoms with E-state index in [-0.39, 0.29) is 17.9 Å². The molecule has 1 heterocycles. The van der Waals surface area contributed by atoms with Gasteiger partial charge < -0.3 is 14.7 Å². The molecule has 0 bridgehead atoms. The fraction of sp³-hybridized carbons (Fsp3) is 0.364. The summed E-state index contributed by atoms with van der Waals surface area (Å²) in [6, 6.07) is 13.8. The summed E-state index contributed by atoms with van der Waals surface area (Å²) >= 11 is 0. The van der Waals surface area contributed by atoms with Gasteiger partial charge in [0.05, 0.1) is 11.4 Å². The van der Waals surface area contributed by atoms with Gasteiger partial charge in [0.15, 0.2) is 0 Å². The van der Waals surface area contributed by atoms with E-state index in [1.54, 1.807) is 16.8 Å². The Morgan fingerprint density at radius 3 is 2.37 bits per heavy atom. The summed E-state index contributed by atoms with van der Waals surface area (Å²) in [5.41, 5.74) is 4.52. The zero-order chi connectivity index (χ0) is 19.3. The Balaban J connectivity index is 1.70. The van der Waals surface area contributed by atoms with Gasteiger partial charge in [-0.1, -0.05) is 17.7 Å². The standard InChI is InChI=1S/C22H25N3O2/c1-14-5-8-17(9-6-14)23(3)22(27)16-7-12-19-20(13-16)25(18-10-11-18)15(2)21(26)24(19)4/h5-9,12-13,15,18H,10-11H2,1-4H3. The lowest BCUT2D eigenvalue weighted by molar-refractivity contribution is -0.119. The van der Waals surface area contributed by atoms with E-state index in [2.05, 4.69) is 4.90 Å². The van der Waals surface area contributed by atoms with Crippen molar-refractivity contribution in [3.63, 3.8) is 0 Å². The van der Waals surface area contributed by atoms with Crippen LogP contribution in [0.2, 0.25) is 0 Å². The normalized spacial score (nSPS) is 19.1. The van der Waals surface area contributed by atoms with Gasteiger partial charge in [0.1, 0.15) is 6.04 Å². The van der Waals surface area contributed by atoms with Crippen molar-refractivity contribution in [3.8, 4) is 0 Å². The van der Waals surface area contributed by atoms with Crippen molar-refractivity contribution < 1.29 is 9.59 Å². The number of fused-ring (bicyclic) bond motifs is 1. The largest absolute Gasteiger partial charge is 0.355 e.